The third-order valence-electron chi connectivity index (χ3n) is 3.00. The van der Waals surface area contributed by atoms with Gasteiger partial charge in [-0.2, -0.15) is 0 Å². The molecule has 5 nitrogen and oxygen atoms in total. The summed E-state index contributed by atoms with van der Waals surface area (Å²) < 4.78 is 44.3. The van der Waals surface area contributed by atoms with Crippen LogP contribution in [0.3, 0.4) is 0 Å². The van der Waals surface area contributed by atoms with Gasteiger partial charge in [-0.1, -0.05) is 0 Å². The number of halogens is 3. The molecule has 0 aliphatic rings. The maximum absolute atomic E-state index is 13.2. The first-order chi connectivity index (χ1) is 10.8. The number of Topliss-reactive ketones (excluding diaryl/α,β-unsaturated/α-hetero) is 1. The molecule has 2 aromatic rings. The van der Waals surface area contributed by atoms with Gasteiger partial charge in [0, 0.05) is 17.7 Å². The molecule has 0 saturated carbocycles. The molecule has 1 unspecified atom stereocenters. The highest BCUT2D eigenvalue weighted by molar-refractivity contribution is 5.99. The van der Waals surface area contributed by atoms with E-state index in [1.54, 1.807) is 0 Å². The van der Waals surface area contributed by atoms with Gasteiger partial charge in [-0.15, -0.1) is 0 Å². The average molecular weight is 325 g/mol. The number of ketones is 1. The van der Waals surface area contributed by atoms with Crippen molar-refractivity contribution in [3.8, 4) is 5.75 Å². The fraction of sp³-hybridized carbons (Fsp3) is 0.133. The summed E-state index contributed by atoms with van der Waals surface area (Å²) in [6, 6.07) is 5.08. The number of carbonyl (C=O) groups is 1. The minimum atomic E-state index is -1.26. The van der Waals surface area contributed by atoms with E-state index < -0.39 is 45.7 Å². The number of benzene rings is 2. The van der Waals surface area contributed by atoms with E-state index in [0.29, 0.717) is 6.07 Å². The van der Waals surface area contributed by atoms with Gasteiger partial charge in [0.1, 0.15) is 5.82 Å². The van der Waals surface area contributed by atoms with E-state index in [-0.39, 0.29) is 5.56 Å². The Labute approximate surface area is 128 Å². The summed E-state index contributed by atoms with van der Waals surface area (Å²) in [4.78, 5) is 22.2. The Morgan fingerprint density at radius 1 is 1.13 bits per heavy atom. The Hall–Kier alpha value is -2.90. The maximum Gasteiger partial charge on any atom is 0.311 e. The van der Waals surface area contributed by atoms with Crippen LogP contribution in [0.4, 0.5) is 18.9 Å². The molecule has 0 bridgehead atoms. The van der Waals surface area contributed by atoms with Crippen molar-refractivity contribution in [2.75, 3.05) is 0 Å². The van der Waals surface area contributed by atoms with Crippen LogP contribution in [0.25, 0.3) is 0 Å². The molecule has 0 N–H and O–H groups in total. The van der Waals surface area contributed by atoms with Crippen molar-refractivity contribution >= 4 is 11.5 Å². The van der Waals surface area contributed by atoms with Crippen LogP contribution in [-0.2, 0) is 0 Å². The number of hydrogen-bond donors (Lipinski definition) is 0. The Balaban J connectivity index is 2.26. The number of rotatable bonds is 5. The second-order valence-electron chi connectivity index (χ2n) is 4.62. The highest BCUT2D eigenvalue weighted by Gasteiger charge is 2.23. The van der Waals surface area contributed by atoms with Crippen molar-refractivity contribution in [3.63, 3.8) is 0 Å². The predicted molar refractivity (Wildman–Crippen MR) is 73.8 cm³/mol. The molecule has 120 valence electrons. The Bertz CT molecular complexity index is 779. The maximum atomic E-state index is 13.2. The van der Waals surface area contributed by atoms with E-state index in [1.807, 2.05) is 0 Å². The van der Waals surface area contributed by atoms with Crippen molar-refractivity contribution in [2.45, 2.75) is 13.0 Å². The van der Waals surface area contributed by atoms with Gasteiger partial charge in [-0.25, -0.2) is 13.2 Å². The van der Waals surface area contributed by atoms with E-state index in [2.05, 4.69) is 0 Å². The van der Waals surface area contributed by atoms with Crippen LogP contribution in [0.1, 0.15) is 17.3 Å². The molecule has 0 spiro atoms. The molecule has 0 aromatic heterocycles. The zero-order valence-corrected chi connectivity index (χ0v) is 11.8. The van der Waals surface area contributed by atoms with Crippen LogP contribution in [0.2, 0.25) is 0 Å². The third kappa shape index (κ3) is 3.65. The van der Waals surface area contributed by atoms with Gasteiger partial charge in [-0.05, 0) is 31.2 Å². The second-order valence-corrected chi connectivity index (χ2v) is 4.62. The molecule has 0 aliphatic heterocycles. The predicted octanol–water partition coefficient (Wildman–Crippen LogP) is 3.66. The lowest BCUT2D eigenvalue weighted by molar-refractivity contribution is -0.386. The minimum absolute atomic E-state index is 0.171. The summed E-state index contributed by atoms with van der Waals surface area (Å²) in [6.45, 7) is 1.26. The summed E-state index contributed by atoms with van der Waals surface area (Å²) in [5.74, 6) is -4.27. The standard InChI is InChI=1S/C15H10F3NO4/c1-8(15(20)9-2-4-11(17)12(18)6-9)23-14-7-10(16)3-5-13(14)19(21)22/h2-8H,1H3. The molecule has 0 aliphatic carbocycles. The molecule has 2 aromatic carbocycles. The lowest BCUT2D eigenvalue weighted by Crippen LogP contribution is -2.24. The molecule has 0 fully saturated rings. The SMILES string of the molecule is CC(Oc1cc(F)ccc1[N+](=O)[O-])C(=O)c1ccc(F)c(F)c1. The smallest absolute Gasteiger partial charge is 0.311 e. The summed E-state index contributed by atoms with van der Waals surface area (Å²) in [5, 5.41) is 10.9. The molecular formula is C15H10F3NO4. The third-order valence-corrected chi connectivity index (χ3v) is 3.00. The normalized spacial score (nSPS) is 11.8. The fourth-order valence-electron chi connectivity index (χ4n) is 1.86. The van der Waals surface area contributed by atoms with E-state index in [1.165, 1.54) is 6.92 Å². The summed E-state index contributed by atoms with van der Waals surface area (Å²) >= 11 is 0. The van der Waals surface area contributed by atoms with Crippen molar-refractivity contribution in [2.24, 2.45) is 0 Å². The number of nitro groups is 1. The van der Waals surface area contributed by atoms with Crippen molar-refractivity contribution in [1.82, 2.24) is 0 Å². The topological polar surface area (TPSA) is 69.4 Å². The first-order valence-electron chi connectivity index (χ1n) is 6.39. The summed E-state index contributed by atoms with van der Waals surface area (Å²) in [7, 11) is 0. The molecule has 23 heavy (non-hydrogen) atoms. The van der Waals surface area contributed by atoms with Crippen LogP contribution in [0.5, 0.6) is 5.75 Å². The van der Waals surface area contributed by atoms with Crippen LogP contribution >= 0.6 is 0 Å². The number of hydrogen-bond acceptors (Lipinski definition) is 4. The Morgan fingerprint density at radius 2 is 1.83 bits per heavy atom. The molecule has 8 heteroatoms. The summed E-state index contributed by atoms with van der Waals surface area (Å²) in [6.07, 6.45) is -1.26. The molecule has 1 atom stereocenters. The van der Waals surface area contributed by atoms with E-state index in [0.717, 1.165) is 30.3 Å². The Morgan fingerprint density at radius 3 is 2.43 bits per heavy atom. The monoisotopic (exact) mass is 325 g/mol. The van der Waals surface area contributed by atoms with E-state index >= 15 is 0 Å². The zero-order chi connectivity index (χ0) is 17.1. The van der Waals surface area contributed by atoms with Gasteiger partial charge in [0.25, 0.3) is 0 Å². The molecule has 0 saturated heterocycles. The van der Waals surface area contributed by atoms with Crippen molar-refractivity contribution in [1.29, 1.82) is 0 Å². The molecule has 0 amide bonds. The number of ether oxygens (including phenoxy) is 1. The van der Waals surface area contributed by atoms with Crippen LogP contribution in [0, 0.1) is 27.6 Å². The average Bonchev–Trinajstić information content (AvgIpc) is 2.49. The fourth-order valence-corrected chi connectivity index (χ4v) is 1.86. The van der Waals surface area contributed by atoms with Gasteiger partial charge in [0.15, 0.2) is 17.7 Å². The first kappa shape index (κ1) is 16.5. The second kappa shape index (κ2) is 6.47. The minimum Gasteiger partial charge on any atom is -0.475 e. The number of carbonyl (C=O) groups excluding carboxylic acids is 1. The molecule has 0 heterocycles. The first-order valence-corrected chi connectivity index (χ1v) is 6.39. The van der Waals surface area contributed by atoms with Crippen molar-refractivity contribution in [3.05, 3.63) is 69.5 Å². The lowest BCUT2D eigenvalue weighted by Gasteiger charge is -2.14. The zero-order valence-electron chi connectivity index (χ0n) is 11.8. The van der Waals surface area contributed by atoms with Crippen molar-refractivity contribution < 1.29 is 27.6 Å². The van der Waals surface area contributed by atoms with Gasteiger partial charge in [0.05, 0.1) is 4.92 Å². The Kier molecular flexibility index (Phi) is 4.63. The molecule has 2 rings (SSSR count). The van der Waals surface area contributed by atoms with Crippen LogP contribution < -0.4 is 4.74 Å². The highest BCUT2D eigenvalue weighted by atomic mass is 19.2. The van der Waals surface area contributed by atoms with Gasteiger partial charge < -0.3 is 4.74 Å². The quantitative estimate of drug-likeness (QED) is 0.478. The summed E-state index contributed by atoms with van der Waals surface area (Å²) in [5.41, 5.74) is -0.688. The number of nitro benzene ring substituents is 1. The molecule has 0 radical (unpaired) electrons. The highest BCUT2D eigenvalue weighted by Crippen LogP contribution is 2.29. The molecular weight excluding hydrogens is 315 g/mol. The van der Waals surface area contributed by atoms with Gasteiger partial charge >= 0.3 is 5.69 Å². The van der Waals surface area contributed by atoms with Crippen LogP contribution in [-0.4, -0.2) is 16.8 Å². The van der Waals surface area contributed by atoms with Gasteiger partial charge in [0.2, 0.25) is 11.5 Å². The largest absolute Gasteiger partial charge is 0.475 e. The van der Waals surface area contributed by atoms with Crippen LogP contribution in [0.15, 0.2) is 36.4 Å². The lowest BCUT2D eigenvalue weighted by atomic mass is 10.1. The van der Waals surface area contributed by atoms with E-state index in [4.69, 9.17) is 4.74 Å². The van der Waals surface area contributed by atoms with E-state index in [9.17, 15) is 28.1 Å². The van der Waals surface area contributed by atoms with Gasteiger partial charge in [-0.3, -0.25) is 14.9 Å². The number of nitrogens with zero attached hydrogens (tertiary/aromatic N) is 1.